The van der Waals surface area contributed by atoms with Crippen molar-refractivity contribution < 1.29 is 18.2 Å². The van der Waals surface area contributed by atoms with Crippen molar-refractivity contribution in [3.05, 3.63) is 29.3 Å². The zero-order valence-corrected chi connectivity index (χ0v) is 14.6. The van der Waals surface area contributed by atoms with E-state index < -0.39 is 7.60 Å². The summed E-state index contributed by atoms with van der Waals surface area (Å²) in [6, 6.07) is 8.37. The van der Waals surface area contributed by atoms with Crippen LogP contribution in [0.3, 0.4) is 0 Å². The second-order valence-corrected chi connectivity index (χ2v) is 8.18. The van der Waals surface area contributed by atoms with Crippen molar-refractivity contribution in [3.8, 4) is 0 Å². The number of benzene rings is 1. The summed E-state index contributed by atoms with van der Waals surface area (Å²) >= 11 is 1.79. The highest BCUT2D eigenvalue weighted by atomic mass is 32.1. The molecule has 116 valence electrons. The fourth-order valence-corrected chi connectivity index (χ4v) is 5.11. The van der Waals surface area contributed by atoms with E-state index in [1.54, 1.807) is 11.3 Å². The molecule has 0 saturated carbocycles. The highest BCUT2D eigenvalue weighted by molar-refractivity contribution is 7.53. The Morgan fingerprint density at radius 2 is 1.86 bits per heavy atom. The topological polar surface area (TPSA) is 39.4 Å². The van der Waals surface area contributed by atoms with Crippen LogP contribution >= 0.6 is 18.9 Å². The lowest BCUT2D eigenvalue weighted by atomic mass is 10.3. The molecule has 0 unspecified atom stereocenters. The first-order chi connectivity index (χ1) is 10.1. The number of aromatic nitrogens is 1. The van der Waals surface area contributed by atoms with Gasteiger partial charge in [-0.1, -0.05) is 23.5 Å². The average Bonchev–Trinajstić information content (AvgIpc) is 2.76. The van der Waals surface area contributed by atoms with Crippen molar-refractivity contribution in [3.63, 3.8) is 0 Å². The molecule has 2 aromatic rings. The monoisotopic (exact) mass is 328 g/mol. The van der Waals surface area contributed by atoms with E-state index >= 15 is 0 Å². The van der Waals surface area contributed by atoms with Gasteiger partial charge < -0.3 is 9.05 Å². The molecule has 21 heavy (non-hydrogen) atoms. The van der Waals surface area contributed by atoms with E-state index in [-0.39, 0.29) is 0 Å². The summed E-state index contributed by atoms with van der Waals surface area (Å²) in [6.07, 6.45) is 1.24. The molecule has 0 amide bonds. The molecule has 0 bridgehead atoms. The van der Waals surface area contributed by atoms with Crippen LogP contribution < -0.4 is 4.57 Å². The van der Waals surface area contributed by atoms with Crippen LogP contribution in [0.25, 0.3) is 10.2 Å². The third-order valence-corrected chi connectivity index (χ3v) is 6.51. The second kappa shape index (κ2) is 7.50. The van der Waals surface area contributed by atoms with E-state index in [1.165, 1.54) is 15.2 Å². The molecule has 0 fully saturated rings. The number of para-hydroxylation sites is 1. The predicted molar refractivity (Wildman–Crippen MR) is 87.1 cm³/mol. The number of hydrogen-bond acceptors (Lipinski definition) is 4. The van der Waals surface area contributed by atoms with Crippen LogP contribution in [0.4, 0.5) is 0 Å². The largest absolute Gasteiger partial charge is 0.330 e. The molecule has 0 aliphatic carbocycles. The minimum atomic E-state index is -2.92. The summed E-state index contributed by atoms with van der Waals surface area (Å²) in [7, 11) is -2.92. The van der Waals surface area contributed by atoms with Crippen molar-refractivity contribution in [2.24, 2.45) is 0 Å². The Morgan fingerprint density at radius 1 is 1.19 bits per heavy atom. The lowest BCUT2D eigenvalue weighted by molar-refractivity contribution is -0.672. The Morgan fingerprint density at radius 3 is 2.52 bits per heavy atom. The molecule has 4 nitrogen and oxygen atoms in total. The van der Waals surface area contributed by atoms with Gasteiger partial charge in [-0.2, -0.15) is 4.57 Å². The van der Waals surface area contributed by atoms with E-state index in [2.05, 4.69) is 35.8 Å². The maximum absolute atomic E-state index is 12.4. The first-order valence-electron chi connectivity index (χ1n) is 7.35. The van der Waals surface area contributed by atoms with Crippen LogP contribution in [-0.4, -0.2) is 19.4 Å². The summed E-state index contributed by atoms with van der Waals surface area (Å²) in [4.78, 5) is 0. The van der Waals surface area contributed by atoms with Crippen LogP contribution in [0.1, 0.15) is 25.3 Å². The third-order valence-electron chi connectivity index (χ3n) is 3.26. The molecule has 0 aliphatic heterocycles. The molecule has 0 aliphatic rings. The van der Waals surface area contributed by atoms with Gasteiger partial charge in [-0.25, -0.2) is 0 Å². The molecule has 0 saturated heterocycles. The number of nitrogens with zero attached hydrogens (tertiary/aromatic N) is 1. The maximum atomic E-state index is 12.4. The number of aryl methyl sites for hydroxylation is 2. The fraction of sp³-hybridized carbons (Fsp3) is 0.533. The van der Waals surface area contributed by atoms with Gasteiger partial charge in [0.25, 0.3) is 0 Å². The van der Waals surface area contributed by atoms with Gasteiger partial charge in [0.2, 0.25) is 10.5 Å². The molecule has 1 heterocycles. The molecule has 1 aromatic carbocycles. The quantitative estimate of drug-likeness (QED) is 0.540. The van der Waals surface area contributed by atoms with Gasteiger partial charge in [0.05, 0.1) is 19.4 Å². The number of rotatable bonds is 8. The maximum Gasteiger partial charge on any atom is 0.330 e. The molecular formula is C15H23NO3PS+. The van der Waals surface area contributed by atoms with E-state index in [0.29, 0.717) is 19.4 Å². The molecule has 0 atom stereocenters. The minimum absolute atomic E-state index is 0.421. The van der Waals surface area contributed by atoms with Gasteiger partial charge in [-0.05, 0) is 19.9 Å². The molecule has 0 radical (unpaired) electrons. The fourth-order valence-electron chi connectivity index (χ4n) is 2.41. The van der Waals surface area contributed by atoms with Crippen molar-refractivity contribution in [1.29, 1.82) is 0 Å². The first-order valence-corrected chi connectivity index (χ1v) is 9.90. The van der Waals surface area contributed by atoms with Crippen molar-refractivity contribution in [1.82, 2.24) is 0 Å². The normalized spacial score (nSPS) is 12.1. The smallest absolute Gasteiger partial charge is 0.309 e. The Kier molecular flexibility index (Phi) is 5.94. The summed E-state index contributed by atoms with van der Waals surface area (Å²) < 4.78 is 26.7. The van der Waals surface area contributed by atoms with E-state index in [4.69, 9.17) is 9.05 Å². The highest BCUT2D eigenvalue weighted by Crippen LogP contribution is 2.48. The Labute approximate surface area is 130 Å². The van der Waals surface area contributed by atoms with Gasteiger partial charge in [-0.15, -0.1) is 0 Å². The summed E-state index contributed by atoms with van der Waals surface area (Å²) in [5, 5.41) is 1.26. The van der Waals surface area contributed by atoms with E-state index in [1.807, 2.05) is 13.8 Å². The summed E-state index contributed by atoms with van der Waals surface area (Å²) in [5.41, 5.74) is 1.24. The molecule has 2 rings (SSSR count). The van der Waals surface area contributed by atoms with Gasteiger partial charge in [-0.3, -0.25) is 4.57 Å². The van der Waals surface area contributed by atoms with Gasteiger partial charge in [0, 0.05) is 19.4 Å². The summed E-state index contributed by atoms with van der Waals surface area (Å²) in [6.45, 7) is 7.49. The Bertz CT molecular complexity index is 631. The molecular weight excluding hydrogens is 305 g/mol. The van der Waals surface area contributed by atoms with Crippen molar-refractivity contribution in [2.75, 3.05) is 19.4 Å². The number of hydrogen-bond donors (Lipinski definition) is 0. The van der Waals surface area contributed by atoms with E-state index in [0.717, 1.165) is 13.0 Å². The van der Waals surface area contributed by atoms with Gasteiger partial charge >= 0.3 is 7.60 Å². The molecule has 6 heteroatoms. The predicted octanol–water partition coefficient (Wildman–Crippen LogP) is 4.15. The third kappa shape index (κ3) is 4.13. The lowest BCUT2D eigenvalue weighted by Crippen LogP contribution is -2.35. The zero-order chi connectivity index (χ0) is 15.3. The SMILES string of the molecule is CCOP(=O)(CCC[n+]1c(C)sc2ccccc21)OCC. The van der Waals surface area contributed by atoms with Gasteiger partial charge in [0.15, 0.2) is 6.54 Å². The Hall–Kier alpha value is -0.740. The minimum Gasteiger partial charge on any atom is -0.309 e. The zero-order valence-electron chi connectivity index (χ0n) is 12.9. The van der Waals surface area contributed by atoms with Crippen LogP contribution in [0.15, 0.2) is 24.3 Å². The molecule has 0 N–H and O–H groups in total. The van der Waals surface area contributed by atoms with Crippen LogP contribution in [-0.2, 0) is 20.2 Å². The Balaban J connectivity index is 2.05. The first kappa shape index (κ1) is 16.6. The van der Waals surface area contributed by atoms with Gasteiger partial charge in [0.1, 0.15) is 4.70 Å². The van der Waals surface area contributed by atoms with Crippen LogP contribution in [0.5, 0.6) is 0 Å². The number of thiazole rings is 1. The second-order valence-electron chi connectivity index (χ2n) is 4.76. The number of fused-ring (bicyclic) bond motifs is 1. The van der Waals surface area contributed by atoms with Crippen molar-refractivity contribution in [2.45, 2.75) is 33.7 Å². The van der Waals surface area contributed by atoms with Crippen molar-refractivity contribution >= 4 is 29.1 Å². The summed E-state index contributed by atoms with van der Waals surface area (Å²) in [5.74, 6) is 0. The van der Waals surface area contributed by atoms with E-state index in [9.17, 15) is 4.57 Å². The highest BCUT2D eigenvalue weighted by Gasteiger charge is 2.25. The molecule has 1 aromatic heterocycles. The lowest BCUT2D eigenvalue weighted by Gasteiger charge is -2.15. The molecule has 0 spiro atoms. The van der Waals surface area contributed by atoms with Crippen LogP contribution in [0, 0.1) is 6.92 Å². The standard InChI is InChI=1S/C15H23NO3PS/c1-4-18-20(17,19-5-2)12-8-11-16-13(3)21-15-10-7-6-9-14(15)16/h6-7,9-10H,4-5,8,11-12H2,1-3H3/q+1. The average molecular weight is 328 g/mol. The van der Waals surface area contributed by atoms with Crippen LogP contribution in [0.2, 0.25) is 0 Å².